The second kappa shape index (κ2) is 3.03. The summed E-state index contributed by atoms with van der Waals surface area (Å²) in [5.74, 6) is 0.0544. The summed E-state index contributed by atoms with van der Waals surface area (Å²) < 4.78 is 2.03. The summed E-state index contributed by atoms with van der Waals surface area (Å²) in [6.07, 6.45) is 0. The Kier molecular flexibility index (Phi) is 1.94. The second-order valence-electron chi connectivity index (χ2n) is 3.74. The molecule has 1 aromatic heterocycles. The first-order valence-electron chi connectivity index (χ1n) is 4.75. The van der Waals surface area contributed by atoms with Gasteiger partial charge in [0.05, 0.1) is 0 Å². The molecule has 0 aliphatic heterocycles. The van der Waals surface area contributed by atoms with Gasteiger partial charge in [-0.15, -0.1) is 0 Å². The van der Waals surface area contributed by atoms with Crippen molar-refractivity contribution in [1.82, 2.24) is 4.57 Å². The molecular weight excluding hydrogens is 188 g/mol. The highest BCUT2D eigenvalue weighted by atomic mass is 16.3. The van der Waals surface area contributed by atoms with Crippen LogP contribution < -0.4 is 0 Å². The van der Waals surface area contributed by atoms with E-state index in [1.165, 1.54) is 0 Å². The molecule has 15 heavy (non-hydrogen) atoms. The highest BCUT2D eigenvalue weighted by Crippen LogP contribution is 2.31. The lowest BCUT2D eigenvalue weighted by atomic mass is 10.1. The lowest BCUT2D eigenvalue weighted by Crippen LogP contribution is -1.89. The fourth-order valence-corrected chi connectivity index (χ4v) is 1.97. The minimum absolute atomic E-state index is 0.0544. The number of aryl methyl sites for hydroxylation is 2. The zero-order valence-electron chi connectivity index (χ0n) is 9.00. The van der Waals surface area contributed by atoms with E-state index in [0.717, 1.165) is 22.2 Å². The quantitative estimate of drug-likeness (QED) is 0.709. The second-order valence-corrected chi connectivity index (χ2v) is 3.74. The van der Waals surface area contributed by atoms with Crippen molar-refractivity contribution in [3.05, 3.63) is 29.0 Å². The number of hydrogen-bond acceptors (Lipinski definition) is 2. The van der Waals surface area contributed by atoms with Gasteiger partial charge in [0, 0.05) is 23.6 Å². The van der Waals surface area contributed by atoms with Gasteiger partial charge in [0.2, 0.25) is 0 Å². The van der Waals surface area contributed by atoms with Crippen LogP contribution in [-0.4, -0.2) is 9.67 Å². The van der Waals surface area contributed by atoms with Gasteiger partial charge in [0.1, 0.15) is 17.4 Å². The molecule has 0 amide bonds. The number of fused-ring (bicyclic) bond motifs is 1. The van der Waals surface area contributed by atoms with Crippen LogP contribution in [0.2, 0.25) is 0 Å². The predicted octanol–water partition coefficient (Wildman–Crippen LogP) is 2.37. The van der Waals surface area contributed by atoms with Gasteiger partial charge in [-0.05, 0) is 31.5 Å². The van der Waals surface area contributed by atoms with Crippen LogP contribution in [0.4, 0.5) is 0 Å². The van der Waals surface area contributed by atoms with Crippen LogP contribution in [0.1, 0.15) is 16.8 Å². The van der Waals surface area contributed by atoms with Gasteiger partial charge < -0.3 is 9.67 Å². The first-order chi connectivity index (χ1) is 7.07. The molecule has 0 saturated carbocycles. The molecule has 0 bridgehead atoms. The molecule has 0 aliphatic rings. The van der Waals surface area contributed by atoms with Crippen molar-refractivity contribution < 1.29 is 5.11 Å². The highest BCUT2D eigenvalue weighted by molar-refractivity contribution is 5.92. The van der Waals surface area contributed by atoms with Crippen LogP contribution in [0, 0.1) is 25.2 Å². The molecule has 0 aliphatic carbocycles. The molecule has 2 aromatic rings. The minimum Gasteiger partial charge on any atom is -0.507 e. The molecule has 0 saturated heterocycles. The maximum atomic E-state index is 9.60. The van der Waals surface area contributed by atoms with E-state index < -0.39 is 0 Å². The molecule has 1 heterocycles. The molecule has 0 fully saturated rings. The van der Waals surface area contributed by atoms with E-state index in [2.05, 4.69) is 6.07 Å². The molecule has 3 heteroatoms. The Bertz CT molecular complexity index is 588. The van der Waals surface area contributed by atoms with Gasteiger partial charge in [0.15, 0.2) is 0 Å². The van der Waals surface area contributed by atoms with Crippen LogP contribution in [0.15, 0.2) is 12.1 Å². The Labute approximate surface area is 88.2 Å². The summed E-state index contributed by atoms with van der Waals surface area (Å²) in [6, 6.07) is 5.46. The number of aromatic hydroxyl groups is 1. The fourth-order valence-electron chi connectivity index (χ4n) is 1.97. The largest absolute Gasteiger partial charge is 0.507 e. The number of nitrogens with zero attached hydrogens (tertiary/aromatic N) is 2. The SMILES string of the molecule is Cc1c(C)n(C)c2ccc(O)c(C#N)c12. The zero-order valence-corrected chi connectivity index (χ0v) is 9.00. The van der Waals surface area contributed by atoms with Gasteiger partial charge in [0.25, 0.3) is 0 Å². The topological polar surface area (TPSA) is 49.0 Å². The molecule has 0 unspecified atom stereocenters. The van der Waals surface area contributed by atoms with Gasteiger partial charge >= 0.3 is 0 Å². The number of benzene rings is 1. The third kappa shape index (κ3) is 1.11. The predicted molar refractivity (Wildman–Crippen MR) is 58.8 cm³/mol. The number of hydrogen-bond donors (Lipinski definition) is 1. The third-order valence-electron chi connectivity index (χ3n) is 3.06. The standard InChI is InChI=1S/C12H12N2O/c1-7-8(2)14(3)10-4-5-11(15)9(6-13)12(7)10/h4-5,15H,1-3H3. The molecule has 3 nitrogen and oxygen atoms in total. The van der Waals surface area contributed by atoms with Crippen molar-refractivity contribution in [3.63, 3.8) is 0 Å². The summed E-state index contributed by atoms with van der Waals surface area (Å²) in [4.78, 5) is 0. The smallest absolute Gasteiger partial charge is 0.134 e. The molecule has 0 radical (unpaired) electrons. The van der Waals surface area contributed by atoms with E-state index in [4.69, 9.17) is 5.26 Å². The third-order valence-corrected chi connectivity index (χ3v) is 3.06. The average molecular weight is 200 g/mol. The number of nitriles is 1. The highest BCUT2D eigenvalue weighted by Gasteiger charge is 2.14. The molecular formula is C12H12N2O. The van der Waals surface area contributed by atoms with Crippen molar-refractivity contribution in [3.8, 4) is 11.8 Å². The first kappa shape index (κ1) is 9.60. The lowest BCUT2D eigenvalue weighted by molar-refractivity contribution is 0.474. The Morgan fingerprint density at radius 3 is 2.60 bits per heavy atom. The van der Waals surface area contributed by atoms with Crippen molar-refractivity contribution in [1.29, 1.82) is 5.26 Å². The molecule has 0 atom stereocenters. The van der Waals surface area contributed by atoms with E-state index in [1.807, 2.05) is 31.5 Å². The molecule has 1 N–H and O–H groups in total. The van der Waals surface area contributed by atoms with Crippen molar-refractivity contribution >= 4 is 10.9 Å². The Hall–Kier alpha value is -1.95. The van der Waals surface area contributed by atoms with Crippen LogP contribution in [0.3, 0.4) is 0 Å². The molecule has 2 rings (SSSR count). The van der Waals surface area contributed by atoms with E-state index in [0.29, 0.717) is 5.56 Å². The van der Waals surface area contributed by atoms with Crippen LogP contribution in [0.5, 0.6) is 5.75 Å². The summed E-state index contributed by atoms with van der Waals surface area (Å²) >= 11 is 0. The first-order valence-corrected chi connectivity index (χ1v) is 4.75. The average Bonchev–Trinajstić information content (AvgIpc) is 2.44. The molecule has 1 aromatic carbocycles. The lowest BCUT2D eigenvalue weighted by Gasteiger charge is -2.00. The van der Waals surface area contributed by atoms with Crippen LogP contribution >= 0.6 is 0 Å². The fraction of sp³-hybridized carbons (Fsp3) is 0.250. The number of phenols is 1. The van der Waals surface area contributed by atoms with Crippen LogP contribution in [0.25, 0.3) is 10.9 Å². The summed E-state index contributed by atoms with van der Waals surface area (Å²) in [7, 11) is 1.96. The minimum atomic E-state index is 0.0544. The molecule has 76 valence electrons. The number of rotatable bonds is 0. The van der Waals surface area contributed by atoms with E-state index in [-0.39, 0.29) is 5.75 Å². The monoisotopic (exact) mass is 200 g/mol. The van der Waals surface area contributed by atoms with E-state index in [9.17, 15) is 5.11 Å². The summed E-state index contributed by atoms with van der Waals surface area (Å²) in [6.45, 7) is 3.98. The van der Waals surface area contributed by atoms with Crippen LogP contribution in [-0.2, 0) is 7.05 Å². The number of aromatic nitrogens is 1. The van der Waals surface area contributed by atoms with Crippen molar-refractivity contribution in [2.24, 2.45) is 7.05 Å². The Morgan fingerprint density at radius 1 is 1.33 bits per heavy atom. The zero-order chi connectivity index (χ0) is 11.2. The summed E-state index contributed by atoms with van der Waals surface area (Å²) in [5, 5.41) is 19.5. The maximum absolute atomic E-state index is 9.60. The normalized spacial score (nSPS) is 10.5. The van der Waals surface area contributed by atoms with E-state index in [1.54, 1.807) is 6.07 Å². The van der Waals surface area contributed by atoms with E-state index >= 15 is 0 Å². The van der Waals surface area contributed by atoms with Crippen molar-refractivity contribution in [2.45, 2.75) is 13.8 Å². The van der Waals surface area contributed by atoms with Gasteiger partial charge in [-0.1, -0.05) is 0 Å². The van der Waals surface area contributed by atoms with Gasteiger partial charge in [-0.3, -0.25) is 0 Å². The summed E-state index contributed by atoms with van der Waals surface area (Å²) in [5.41, 5.74) is 3.53. The maximum Gasteiger partial charge on any atom is 0.134 e. The Balaban J connectivity index is 3.07. The number of phenolic OH excluding ortho intramolecular Hbond substituents is 1. The molecule has 0 spiro atoms. The Morgan fingerprint density at radius 2 is 2.00 bits per heavy atom. The van der Waals surface area contributed by atoms with Gasteiger partial charge in [-0.2, -0.15) is 5.26 Å². The van der Waals surface area contributed by atoms with Gasteiger partial charge in [-0.25, -0.2) is 0 Å². The van der Waals surface area contributed by atoms with Crippen molar-refractivity contribution in [2.75, 3.05) is 0 Å².